The van der Waals surface area contributed by atoms with Crippen molar-refractivity contribution in [3.63, 3.8) is 0 Å². The predicted molar refractivity (Wildman–Crippen MR) is 48.2 cm³/mol. The van der Waals surface area contributed by atoms with E-state index in [0.29, 0.717) is 11.3 Å². The highest BCUT2D eigenvalue weighted by atomic mass is 16.2. The number of aliphatic hydroxyl groups excluding tert-OH is 1. The maximum atomic E-state index is 10.8. The molecule has 0 aliphatic heterocycles. The summed E-state index contributed by atoms with van der Waals surface area (Å²) in [5.74, 6) is 5.11. The van der Waals surface area contributed by atoms with E-state index in [-0.39, 0.29) is 12.4 Å². The summed E-state index contributed by atoms with van der Waals surface area (Å²) < 4.78 is 0. The monoisotopic (exact) mass is 175 g/mol. The van der Waals surface area contributed by atoms with Gasteiger partial charge in [0.25, 0.3) is 0 Å². The van der Waals surface area contributed by atoms with Gasteiger partial charge in [0, 0.05) is 18.7 Å². The third kappa shape index (κ3) is 2.69. The van der Waals surface area contributed by atoms with Crippen LogP contribution in [0.1, 0.15) is 23.0 Å². The lowest BCUT2D eigenvalue weighted by molar-refractivity contribution is 0.101. The molecule has 0 fully saturated rings. The Balaban J connectivity index is 2.87. The van der Waals surface area contributed by atoms with Gasteiger partial charge in [-0.15, -0.1) is 0 Å². The van der Waals surface area contributed by atoms with Gasteiger partial charge in [-0.3, -0.25) is 9.78 Å². The second kappa shape index (κ2) is 4.39. The highest BCUT2D eigenvalue weighted by Crippen LogP contribution is 1.99. The van der Waals surface area contributed by atoms with Gasteiger partial charge < -0.3 is 5.11 Å². The van der Waals surface area contributed by atoms with Crippen molar-refractivity contribution in [2.24, 2.45) is 0 Å². The van der Waals surface area contributed by atoms with E-state index in [9.17, 15) is 4.79 Å². The van der Waals surface area contributed by atoms with Crippen molar-refractivity contribution in [2.75, 3.05) is 6.61 Å². The maximum Gasteiger partial charge on any atom is 0.178 e. The zero-order valence-electron chi connectivity index (χ0n) is 7.24. The van der Waals surface area contributed by atoms with Crippen LogP contribution in [0, 0.1) is 11.8 Å². The zero-order valence-corrected chi connectivity index (χ0v) is 7.24. The van der Waals surface area contributed by atoms with Gasteiger partial charge in [0.05, 0.1) is 0 Å². The molecule has 1 heterocycles. The van der Waals surface area contributed by atoms with Crippen molar-refractivity contribution in [1.29, 1.82) is 0 Å². The number of hydrogen-bond donors (Lipinski definition) is 1. The molecule has 0 saturated heterocycles. The second-order valence-corrected chi connectivity index (χ2v) is 2.45. The maximum absolute atomic E-state index is 10.8. The van der Waals surface area contributed by atoms with Crippen LogP contribution < -0.4 is 0 Å². The van der Waals surface area contributed by atoms with Crippen molar-refractivity contribution in [3.8, 4) is 11.8 Å². The first kappa shape index (κ1) is 9.43. The van der Waals surface area contributed by atoms with Gasteiger partial charge in [-0.25, -0.2) is 0 Å². The van der Waals surface area contributed by atoms with E-state index in [1.807, 2.05) is 0 Å². The molecule has 0 spiro atoms. The van der Waals surface area contributed by atoms with Crippen molar-refractivity contribution < 1.29 is 9.90 Å². The molecular formula is C10H9NO2. The van der Waals surface area contributed by atoms with Crippen molar-refractivity contribution in [1.82, 2.24) is 4.98 Å². The van der Waals surface area contributed by atoms with Gasteiger partial charge in [0.1, 0.15) is 12.3 Å². The average molecular weight is 175 g/mol. The fourth-order valence-corrected chi connectivity index (χ4v) is 0.818. The van der Waals surface area contributed by atoms with E-state index in [1.165, 1.54) is 13.1 Å². The van der Waals surface area contributed by atoms with Crippen molar-refractivity contribution in [3.05, 3.63) is 29.6 Å². The highest BCUT2D eigenvalue weighted by Gasteiger charge is 1.98. The van der Waals surface area contributed by atoms with E-state index in [0.717, 1.165) is 0 Å². The molecule has 0 amide bonds. The minimum absolute atomic E-state index is 0.0679. The number of carbonyl (C=O) groups is 1. The van der Waals surface area contributed by atoms with E-state index < -0.39 is 0 Å². The number of hydrogen-bond acceptors (Lipinski definition) is 3. The van der Waals surface area contributed by atoms with Gasteiger partial charge in [-0.2, -0.15) is 0 Å². The molecule has 0 atom stereocenters. The molecule has 0 aliphatic carbocycles. The van der Waals surface area contributed by atoms with Crippen LogP contribution in [0.25, 0.3) is 0 Å². The van der Waals surface area contributed by atoms with Crippen LogP contribution in [0.4, 0.5) is 0 Å². The molecule has 1 N–H and O–H groups in total. The molecule has 0 bridgehead atoms. The predicted octanol–water partition coefficient (Wildman–Crippen LogP) is 0.628. The molecule has 3 nitrogen and oxygen atoms in total. The lowest BCUT2D eigenvalue weighted by Crippen LogP contribution is -1.95. The number of aliphatic hydroxyl groups is 1. The summed E-state index contributed by atoms with van der Waals surface area (Å²) in [6.07, 6.45) is 1.51. The Morgan fingerprint density at radius 3 is 2.85 bits per heavy atom. The fraction of sp³-hybridized carbons (Fsp3) is 0.200. The van der Waals surface area contributed by atoms with Crippen LogP contribution in [-0.2, 0) is 0 Å². The Morgan fingerprint density at radius 2 is 2.38 bits per heavy atom. The molecule has 66 valence electrons. The summed E-state index contributed by atoms with van der Waals surface area (Å²) >= 11 is 0. The molecule has 0 unspecified atom stereocenters. The van der Waals surface area contributed by atoms with Gasteiger partial charge in [-0.1, -0.05) is 11.8 Å². The Hall–Kier alpha value is -1.66. The molecular weight excluding hydrogens is 166 g/mol. The topological polar surface area (TPSA) is 50.2 Å². The second-order valence-electron chi connectivity index (χ2n) is 2.45. The van der Waals surface area contributed by atoms with Gasteiger partial charge in [-0.05, 0) is 12.1 Å². The summed E-state index contributed by atoms with van der Waals surface area (Å²) in [5, 5.41) is 8.42. The summed E-state index contributed by atoms with van der Waals surface area (Å²) in [5.41, 5.74) is 1.12. The normalized spacial score (nSPS) is 8.77. The minimum atomic E-state index is -0.172. The number of rotatable bonds is 1. The third-order valence-electron chi connectivity index (χ3n) is 1.44. The lowest BCUT2D eigenvalue weighted by atomic mass is 10.2. The average Bonchev–Trinajstić information content (AvgIpc) is 2.15. The van der Waals surface area contributed by atoms with Crippen LogP contribution >= 0.6 is 0 Å². The van der Waals surface area contributed by atoms with Gasteiger partial charge in [0.2, 0.25) is 0 Å². The van der Waals surface area contributed by atoms with Crippen LogP contribution in [0.3, 0.4) is 0 Å². The molecule has 0 radical (unpaired) electrons. The Labute approximate surface area is 76.4 Å². The third-order valence-corrected chi connectivity index (χ3v) is 1.44. The number of Topliss-reactive ketones (excluding diaryl/α,β-unsaturated/α-hetero) is 1. The van der Waals surface area contributed by atoms with Crippen molar-refractivity contribution >= 4 is 5.78 Å². The molecule has 0 aromatic carbocycles. The Morgan fingerprint density at radius 1 is 1.62 bits per heavy atom. The summed E-state index contributed by atoms with van der Waals surface area (Å²) in [6.45, 7) is 1.29. The fourth-order valence-electron chi connectivity index (χ4n) is 0.818. The number of pyridine rings is 1. The first-order valence-corrected chi connectivity index (χ1v) is 3.81. The molecule has 1 aromatic heterocycles. The summed E-state index contributed by atoms with van der Waals surface area (Å²) in [6, 6.07) is 3.32. The smallest absolute Gasteiger partial charge is 0.178 e. The summed E-state index contributed by atoms with van der Waals surface area (Å²) in [4.78, 5) is 14.7. The zero-order chi connectivity index (χ0) is 9.68. The van der Waals surface area contributed by atoms with Crippen LogP contribution in [-0.4, -0.2) is 22.5 Å². The first-order valence-electron chi connectivity index (χ1n) is 3.81. The van der Waals surface area contributed by atoms with Crippen LogP contribution in [0.2, 0.25) is 0 Å². The molecule has 0 saturated carbocycles. The summed E-state index contributed by atoms with van der Waals surface area (Å²) in [7, 11) is 0. The number of nitrogens with zero attached hydrogens (tertiary/aromatic N) is 1. The van der Waals surface area contributed by atoms with E-state index in [2.05, 4.69) is 16.8 Å². The van der Waals surface area contributed by atoms with Gasteiger partial charge >= 0.3 is 0 Å². The molecule has 3 heteroatoms. The van der Waals surface area contributed by atoms with E-state index in [1.54, 1.807) is 12.1 Å². The molecule has 1 aromatic rings. The minimum Gasteiger partial charge on any atom is -0.384 e. The van der Waals surface area contributed by atoms with E-state index >= 15 is 0 Å². The Kier molecular flexibility index (Phi) is 3.18. The van der Waals surface area contributed by atoms with Crippen LogP contribution in [0.5, 0.6) is 0 Å². The van der Waals surface area contributed by atoms with Crippen molar-refractivity contribution in [2.45, 2.75) is 6.92 Å². The largest absolute Gasteiger partial charge is 0.384 e. The first-order chi connectivity index (χ1) is 6.24. The quantitative estimate of drug-likeness (QED) is 0.503. The van der Waals surface area contributed by atoms with Crippen LogP contribution in [0.15, 0.2) is 18.3 Å². The number of carbonyl (C=O) groups excluding carboxylic acids is 1. The molecule has 13 heavy (non-hydrogen) atoms. The number of aromatic nitrogens is 1. The Bertz CT molecular complexity index is 357. The van der Waals surface area contributed by atoms with E-state index in [4.69, 9.17) is 5.11 Å². The standard InChI is InChI=1S/C10H9NO2/c1-8(13)10-5-4-9(7-11-10)3-2-6-12/h4-5,7,12H,6H2,1H3. The molecule has 0 aliphatic rings. The van der Waals surface area contributed by atoms with Gasteiger partial charge in [0.15, 0.2) is 5.78 Å². The SMILES string of the molecule is CC(=O)c1ccc(C#CCO)cn1. The number of ketones is 1. The highest BCUT2D eigenvalue weighted by molar-refractivity contribution is 5.92. The molecule has 1 rings (SSSR count). The lowest BCUT2D eigenvalue weighted by Gasteiger charge is -1.93.